The quantitative estimate of drug-likeness (QED) is 0.792. The van der Waals surface area contributed by atoms with Crippen LogP contribution in [0.15, 0.2) is 43.0 Å². The van der Waals surface area contributed by atoms with E-state index in [1.165, 1.54) is 23.3 Å². The number of carbonyl (C=O) groups excluding carboxylic acids is 3. The van der Waals surface area contributed by atoms with Gasteiger partial charge in [-0.05, 0) is 26.0 Å². The Morgan fingerprint density at radius 1 is 1.14 bits per heavy atom. The Balaban J connectivity index is 2.03. The van der Waals surface area contributed by atoms with Gasteiger partial charge < -0.3 is 0 Å². The lowest BCUT2D eigenvalue weighted by atomic mass is 10.1. The molecule has 1 aromatic heterocycles. The number of benzene rings is 1. The van der Waals surface area contributed by atoms with Gasteiger partial charge in [0.1, 0.15) is 6.33 Å². The number of hydrogen-bond donors (Lipinski definition) is 0. The Kier molecular flexibility index (Phi) is 3.25. The van der Waals surface area contributed by atoms with Crippen molar-refractivity contribution in [3.05, 3.63) is 54.1 Å². The fourth-order valence-electron chi connectivity index (χ4n) is 2.40. The molecule has 2 aromatic rings. The Labute approximate surface area is 126 Å². The van der Waals surface area contributed by atoms with Crippen LogP contribution in [0.2, 0.25) is 0 Å². The first-order valence-corrected chi connectivity index (χ1v) is 6.81. The smallest absolute Gasteiger partial charge is 0.267 e. The van der Waals surface area contributed by atoms with E-state index in [1.807, 2.05) is 0 Å². The molecule has 112 valence electrons. The van der Waals surface area contributed by atoms with Gasteiger partial charge in [-0.3, -0.25) is 14.2 Å². The SMILES string of the molecule is CC(C)N(C(=O)n1ccnc1)N1C(=O)c2ccccc2C1=O. The molecular weight excluding hydrogens is 284 g/mol. The van der Waals surface area contributed by atoms with Gasteiger partial charge in [-0.25, -0.2) is 14.8 Å². The number of hydrogen-bond acceptors (Lipinski definition) is 4. The predicted molar refractivity (Wildman–Crippen MR) is 76.9 cm³/mol. The van der Waals surface area contributed by atoms with Crippen LogP contribution in [-0.2, 0) is 0 Å². The van der Waals surface area contributed by atoms with E-state index in [4.69, 9.17) is 0 Å². The van der Waals surface area contributed by atoms with Gasteiger partial charge in [0, 0.05) is 12.4 Å². The zero-order chi connectivity index (χ0) is 15.9. The summed E-state index contributed by atoms with van der Waals surface area (Å²) in [5, 5.41) is 2.05. The lowest BCUT2D eigenvalue weighted by Gasteiger charge is -2.32. The second kappa shape index (κ2) is 5.10. The van der Waals surface area contributed by atoms with E-state index in [0.717, 1.165) is 10.0 Å². The lowest BCUT2D eigenvalue weighted by molar-refractivity contribution is 0.00763. The molecule has 0 bridgehead atoms. The number of imide groups is 1. The van der Waals surface area contributed by atoms with Crippen molar-refractivity contribution in [2.45, 2.75) is 19.9 Å². The molecule has 7 heteroatoms. The first-order valence-electron chi connectivity index (χ1n) is 6.81. The van der Waals surface area contributed by atoms with Crippen LogP contribution >= 0.6 is 0 Å². The molecule has 0 N–H and O–H groups in total. The fraction of sp³-hybridized carbons (Fsp3) is 0.200. The average molecular weight is 298 g/mol. The summed E-state index contributed by atoms with van der Waals surface area (Å²) in [5.74, 6) is -0.995. The van der Waals surface area contributed by atoms with E-state index in [-0.39, 0.29) is 6.04 Å². The number of hydrazine groups is 1. The van der Waals surface area contributed by atoms with Crippen LogP contribution in [0, 0.1) is 0 Å². The summed E-state index contributed by atoms with van der Waals surface area (Å²) >= 11 is 0. The van der Waals surface area contributed by atoms with Crippen molar-refractivity contribution in [3.8, 4) is 0 Å². The van der Waals surface area contributed by atoms with Crippen molar-refractivity contribution in [2.24, 2.45) is 0 Å². The van der Waals surface area contributed by atoms with Crippen LogP contribution in [0.25, 0.3) is 0 Å². The summed E-state index contributed by atoms with van der Waals surface area (Å²) in [4.78, 5) is 41.4. The predicted octanol–water partition coefficient (Wildman–Crippen LogP) is 1.77. The summed E-state index contributed by atoms with van der Waals surface area (Å²) in [5.41, 5.74) is 0.605. The van der Waals surface area contributed by atoms with E-state index in [1.54, 1.807) is 38.1 Å². The molecule has 7 nitrogen and oxygen atoms in total. The number of rotatable bonds is 2. The second-order valence-corrected chi connectivity index (χ2v) is 5.16. The van der Waals surface area contributed by atoms with Crippen LogP contribution < -0.4 is 0 Å². The minimum absolute atomic E-state index is 0.302. The molecule has 0 spiro atoms. The van der Waals surface area contributed by atoms with Crippen molar-refractivity contribution < 1.29 is 14.4 Å². The van der Waals surface area contributed by atoms with Gasteiger partial charge in [0.15, 0.2) is 0 Å². The van der Waals surface area contributed by atoms with Crippen molar-refractivity contribution in [3.63, 3.8) is 0 Å². The number of carbonyl (C=O) groups is 3. The molecular formula is C15H14N4O3. The number of imidazole rings is 1. The largest absolute Gasteiger partial charge is 0.348 e. The maximum atomic E-state index is 12.6. The molecule has 3 amide bonds. The molecule has 0 unspecified atom stereocenters. The summed E-state index contributed by atoms with van der Waals surface area (Å²) < 4.78 is 1.23. The van der Waals surface area contributed by atoms with Gasteiger partial charge in [0.25, 0.3) is 11.8 Å². The standard InChI is InChI=1S/C15H14N4O3/c1-10(2)18(15(22)17-8-7-16-9-17)19-13(20)11-5-3-4-6-12(11)14(19)21/h3-10H,1-2H3. The highest BCUT2D eigenvalue weighted by atomic mass is 16.2. The number of nitrogens with zero attached hydrogens (tertiary/aromatic N) is 4. The third kappa shape index (κ3) is 1.98. The third-order valence-electron chi connectivity index (χ3n) is 3.40. The average Bonchev–Trinajstić information content (AvgIpc) is 3.11. The van der Waals surface area contributed by atoms with Gasteiger partial charge in [0.05, 0.1) is 17.2 Å². The zero-order valence-electron chi connectivity index (χ0n) is 12.1. The molecule has 1 aliphatic heterocycles. The Morgan fingerprint density at radius 2 is 1.73 bits per heavy atom. The molecule has 0 fully saturated rings. The molecule has 0 saturated heterocycles. The summed E-state index contributed by atoms with van der Waals surface area (Å²) in [6.07, 6.45) is 4.25. The number of amides is 3. The van der Waals surface area contributed by atoms with Crippen molar-refractivity contribution in [1.82, 2.24) is 19.6 Å². The Morgan fingerprint density at radius 3 is 2.18 bits per heavy atom. The number of fused-ring (bicyclic) bond motifs is 1. The van der Waals surface area contributed by atoms with Crippen LogP contribution in [0.4, 0.5) is 4.79 Å². The summed E-state index contributed by atoms with van der Waals surface area (Å²) in [6.45, 7) is 3.47. The van der Waals surface area contributed by atoms with Gasteiger partial charge in [-0.15, -0.1) is 0 Å². The molecule has 2 heterocycles. The van der Waals surface area contributed by atoms with Crippen molar-refractivity contribution in [1.29, 1.82) is 0 Å². The molecule has 22 heavy (non-hydrogen) atoms. The fourth-order valence-corrected chi connectivity index (χ4v) is 2.40. The van der Waals surface area contributed by atoms with E-state index in [0.29, 0.717) is 11.1 Å². The van der Waals surface area contributed by atoms with Crippen LogP contribution in [-0.4, -0.2) is 43.5 Å². The highest BCUT2D eigenvalue weighted by Crippen LogP contribution is 2.25. The second-order valence-electron chi connectivity index (χ2n) is 5.16. The maximum absolute atomic E-state index is 12.6. The van der Waals surface area contributed by atoms with E-state index in [2.05, 4.69) is 4.98 Å². The van der Waals surface area contributed by atoms with Crippen LogP contribution in [0.1, 0.15) is 34.6 Å². The van der Waals surface area contributed by atoms with Gasteiger partial charge >= 0.3 is 6.03 Å². The monoisotopic (exact) mass is 298 g/mol. The Bertz CT molecular complexity index is 717. The van der Waals surface area contributed by atoms with Gasteiger partial charge in [0.2, 0.25) is 0 Å². The van der Waals surface area contributed by atoms with E-state index >= 15 is 0 Å². The molecule has 0 radical (unpaired) electrons. The maximum Gasteiger partial charge on any atom is 0.348 e. The highest BCUT2D eigenvalue weighted by Gasteiger charge is 2.42. The van der Waals surface area contributed by atoms with E-state index in [9.17, 15) is 14.4 Å². The summed E-state index contributed by atoms with van der Waals surface area (Å²) in [7, 11) is 0. The molecule has 1 aromatic carbocycles. The number of aromatic nitrogens is 2. The van der Waals surface area contributed by atoms with Crippen molar-refractivity contribution in [2.75, 3.05) is 0 Å². The minimum atomic E-state index is -0.512. The summed E-state index contributed by atoms with van der Waals surface area (Å²) in [6, 6.07) is 5.64. The van der Waals surface area contributed by atoms with E-state index < -0.39 is 17.8 Å². The first kappa shape index (κ1) is 14.0. The Hall–Kier alpha value is -2.96. The topological polar surface area (TPSA) is 75.5 Å². The van der Waals surface area contributed by atoms with Crippen LogP contribution in [0.5, 0.6) is 0 Å². The molecule has 0 atom stereocenters. The highest BCUT2D eigenvalue weighted by molar-refractivity contribution is 6.21. The first-order chi connectivity index (χ1) is 10.5. The normalized spacial score (nSPS) is 13.7. The molecule has 1 aliphatic rings. The van der Waals surface area contributed by atoms with Crippen LogP contribution in [0.3, 0.4) is 0 Å². The minimum Gasteiger partial charge on any atom is -0.267 e. The zero-order valence-corrected chi connectivity index (χ0v) is 12.1. The van der Waals surface area contributed by atoms with Gasteiger partial charge in [-0.1, -0.05) is 12.1 Å². The third-order valence-corrected chi connectivity index (χ3v) is 3.40. The molecule has 0 aliphatic carbocycles. The van der Waals surface area contributed by atoms with Gasteiger partial charge in [-0.2, -0.15) is 5.01 Å². The lowest BCUT2D eigenvalue weighted by Crippen LogP contribution is -2.54. The van der Waals surface area contributed by atoms with Crippen molar-refractivity contribution >= 4 is 17.8 Å². The molecule has 3 rings (SSSR count). The molecule has 0 saturated carbocycles.